The standard InChI is InChI=1S/C22H43NO4Si2/c1-15(27-29(10,11)22(5,6)7)17-18(19-16(24)13-12-14-26-19)23(20(17)25)28(8,9)21(2,3)4/h15,17-19H,12-14H2,1-11H3/t15-,17-,18+,19?/m1/s1. The van der Waals surface area contributed by atoms with Crippen LogP contribution in [0.15, 0.2) is 0 Å². The van der Waals surface area contributed by atoms with Crippen LogP contribution >= 0.6 is 0 Å². The summed E-state index contributed by atoms with van der Waals surface area (Å²) in [6.45, 7) is 24.8. The first kappa shape index (κ1) is 24.8. The van der Waals surface area contributed by atoms with Crippen LogP contribution in [-0.4, -0.2) is 57.7 Å². The van der Waals surface area contributed by atoms with E-state index in [1.165, 1.54) is 0 Å². The number of hydrogen-bond acceptors (Lipinski definition) is 4. The van der Waals surface area contributed by atoms with E-state index >= 15 is 0 Å². The summed E-state index contributed by atoms with van der Waals surface area (Å²) in [5.41, 5.74) is 0. The van der Waals surface area contributed by atoms with Gasteiger partial charge in [0, 0.05) is 13.0 Å². The molecule has 7 heteroatoms. The van der Waals surface area contributed by atoms with Gasteiger partial charge in [-0.1, -0.05) is 54.6 Å². The third kappa shape index (κ3) is 4.43. The van der Waals surface area contributed by atoms with Crippen LogP contribution in [0.3, 0.4) is 0 Å². The van der Waals surface area contributed by atoms with Gasteiger partial charge in [0.2, 0.25) is 5.91 Å². The van der Waals surface area contributed by atoms with E-state index in [9.17, 15) is 9.59 Å². The van der Waals surface area contributed by atoms with Crippen LogP contribution in [0.4, 0.5) is 0 Å². The fraction of sp³-hybridized carbons (Fsp3) is 0.909. The van der Waals surface area contributed by atoms with E-state index in [1.54, 1.807) is 0 Å². The van der Waals surface area contributed by atoms with Crippen LogP contribution in [0.1, 0.15) is 61.3 Å². The number of Topliss-reactive ketones (excluding diaryl/α,β-unsaturated/α-hetero) is 1. The monoisotopic (exact) mass is 441 g/mol. The molecule has 2 saturated heterocycles. The number of nitrogens with zero attached hydrogens (tertiary/aromatic N) is 1. The molecule has 4 atom stereocenters. The summed E-state index contributed by atoms with van der Waals surface area (Å²) in [5.74, 6) is -0.0120. The van der Waals surface area contributed by atoms with E-state index in [1.807, 2.05) is 6.92 Å². The molecule has 1 amide bonds. The van der Waals surface area contributed by atoms with Gasteiger partial charge in [0.25, 0.3) is 0 Å². The van der Waals surface area contributed by atoms with Crippen molar-refractivity contribution in [3.8, 4) is 0 Å². The van der Waals surface area contributed by atoms with Crippen molar-refractivity contribution in [1.82, 2.24) is 4.57 Å². The third-order valence-corrected chi connectivity index (χ3v) is 17.9. The summed E-state index contributed by atoms with van der Waals surface area (Å²) >= 11 is 0. The van der Waals surface area contributed by atoms with Gasteiger partial charge >= 0.3 is 0 Å². The zero-order chi connectivity index (χ0) is 22.6. The van der Waals surface area contributed by atoms with Crippen molar-refractivity contribution in [2.24, 2.45) is 5.92 Å². The number of amides is 1. The van der Waals surface area contributed by atoms with E-state index in [-0.39, 0.29) is 39.8 Å². The van der Waals surface area contributed by atoms with Crippen molar-refractivity contribution < 1.29 is 18.8 Å². The number of ketones is 1. The Morgan fingerprint density at radius 1 is 1.03 bits per heavy atom. The average molecular weight is 442 g/mol. The molecule has 0 N–H and O–H groups in total. The summed E-state index contributed by atoms with van der Waals surface area (Å²) in [6.07, 6.45) is 0.598. The van der Waals surface area contributed by atoms with Crippen molar-refractivity contribution in [2.45, 2.75) is 116 Å². The molecule has 0 saturated carbocycles. The Balaban J connectivity index is 2.38. The first-order valence-electron chi connectivity index (χ1n) is 11.1. The van der Waals surface area contributed by atoms with Crippen LogP contribution in [0, 0.1) is 5.92 Å². The first-order valence-corrected chi connectivity index (χ1v) is 16.9. The maximum atomic E-state index is 13.5. The Labute approximate surface area is 180 Å². The molecule has 0 aromatic rings. The molecular formula is C22H43NO4Si2. The maximum absolute atomic E-state index is 13.5. The van der Waals surface area contributed by atoms with Crippen molar-refractivity contribution in [3.05, 3.63) is 0 Å². The average Bonchev–Trinajstić information content (AvgIpc) is 2.50. The molecule has 2 heterocycles. The molecule has 5 nitrogen and oxygen atoms in total. The molecule has 0 aromatic carbocycles. The number of ether oxygens (including phenoxy) is 1. The molecular weight excluding hydrogens is 398 g/mol. The van der Waals surface area contributed by atoms with E-state index in [2.05, 4.69) is 72.3 Å². The van der Waals surface area contributed by atoms with Crippen molar-refractivity contribution >= 4 is 28.2 Å². The van der Waals surface area contributed by atoms with E-state index in [4.69, 9.17) is 9.16 Å². The highest BCUT2D eigenvalue weighted by Crippen LogP contribution is 2.48. The molecule has 2 fully saturated rings. The maximum Gasteiger partial charge on any atom is 0.222 e. The van der Waals surface area contributed by atoms with Gasteiger partial charge in [-0.3, -0.25) is 9.59 Å². The normalized spacial score (nSPS) is 28.4. The van der Waals surface area contributed by atoms with Gasteiger partial charge in [-0.2, -0.15) is 0 Å². The first-order chi connectivity index (χ1) is 12.9. The molecule has 0 radical (unpaired) electrons. The second kappa shape index (κ2) is 7.88. The van der Waals surface area contributed by atoms with Gasteiger partial charge < -0.3 is 13.7 Å². The Morgan fingerprint density at radius 3 is 2.03 bits per heavy atom. The Kier molecular flexibility index (Phi) is 6.73. The van der Waals surface area contributed by atoms with Crippen molar-refractivity contribution in [1.29, 1.82) is 0 Å². The Hall–Kier alpha value is -0.506. The van der Waals surface area contributed by atoms with E-state index < -0.39 is 22.7 Å². The molecule has 168 valence electrons. The van der Waals surface area contributed by atoms with Gasteiger partial charge in [0.05, 0.1) is 18.1 Å². The number of hydrogen-bond donors (Lipinski definition) is 0. The fourth-order valence-corrected chi connectivity index (χ4v) is 7.93. The molecule has 29 heavy (non-hydrogen) atoms. The highest BCUT2D eigenvalue weighted by molar-refractivity contribution is 6.80. The molecule has 2 aliphatic heterocycles. The Bertz CT molecular complexity index is 648. The fourth-order valence-electron chi connectivity index (χ4n) is 4.04. The molecule has 2 aliphatic rings. The van der Waals surface area contributed by atoms with E-state index in [0.717, 1.165) is 6.42 Å². The smallest absolute Gasteiger partial charge is 0.222 e. The summed E-state index contributed by atoms with van der Waals surface area (Å²) in [6, 6.07) is -0.198. The molecule has 0 aliphatic carbocycles. The van der Waals surface area contributed by atoms with Crippen molar-refractivity contribution in [3.63, 3.8) is 0 Å². The molecule has 0 aromatic heterocycles. The third-order valence-electron chi connectivity index (χ3n) is 7.91. The SMILES string of the molecule is C[C@@H](O[Si](C)(C)C(C)(C)C)[C@H]1C(=O)N([Si](C)(C)C(C)(C)C)[C@@H]1C1OCCCC1=O. The topological polar surface area (TPSA) is 55.8 Å². The molecule has 2 rings (SSSR count). The number of carbonyl (C=O) groups is 2. The number of rotatable bonds is 5. The second-order valence-corrected chi connectivity index (χ2v) is 21.8. The van der Waals surface area contributed by atoms with Crippen LogP contribution in [0.5, 0.6) is 0 Å². The van der Waals surface area contributed by atoms with Crippen LogP contribution in [0.25, 0.3) is 0 Å². The number of carbonyl (C=O) groups excluding carboxylic acids is 2. The van der Waals surface area contributed by atoms with Gasteiger partial charge in [-0.25, -0.2) is 0 Å². The lowest BCUT2D eigenvalue weighted by Crippen LogP contribution is -2.78. The second-order valence-electron chi connectivity index (χ2n) is 12.0. The summed E-state index contributed by atoms with van der Waals surface area (Å²) in [7, 11) is -4.17. The van der Waals surface area contributed by atoms with Crippen molar-refractivity contribution in [2.75, 3.05) is 6.61 Å². The summed E-state index contributed by atoms with van der Waals surface area (Å²) in [4.78, 5) is 26.3. The van der Waals surface area contributed by atoms with E-state index in [0.29, 0.717) is 13.0 Å². The highest BCUT2D eigenvalue weighted by atomic mass is 28.4. The van der Waals surface area contributed by atoms with Gasteiger partial charge in [0.15, 0.2) is 22.3 Å². The number of β-lactam (4-membered cyclic amide) rings is 1. The minimum atomic E-state index is -2.14. The lowest BCUT2D eigenvalue weighted by atomic mass is 9.80. The minimum absolute atomic E-state index is 0.00706. The zero-order valence-corrected chi connectivity index (χ0v) is 22.5. The van der Waals surface area contributed by atoms with Crippen LogP contribution in [-0.2, 0) is 18.8 Å². The summed E-state index contributed by atoms with van der Waals surface area (Å²) < 4.78 is 14.7. The van der Waals surface area contributed by atoms with Gasteiger partial charge in [-0.05, 0) is 36.5 Å². The van der Waals surface area contributed by atoms with Crippen LogP contribution < -0.4 is 0 Å². The minimum Gasteiger partial charge on any atom is -0.413 e. The lowest BCUT2D eigenvalue weighted by molar-refractivity contribution is -0.171. The summed E-state index contributed by atoms with van der Waals surface area (Å²) in [5, 5.41) is 0.0763. The lowest BCUT2D eigenvalue weighted by Gasteiger charge is -2.61. The Morgan fingerprint density at radius 2 is 1.59 bits per heavy atom. The highest BCUT2D eigenvalue weighted by Gasteiger charge is 2.63. The van der Waals surface area contributed by atoms with Crippen LogP contribution in [0.2, 0.25) is 36.3 Å². The van der Waals surface area contributed by atoms with Gasteiger partial charge in [0.1, 0.15) is 6.10 Å². The molecule has 0 bridgehead atoms. The molecule has 1 unspecified atom stereocenters. The molecule has 0 spiro atoms. The largest absolute Gasteiger partial charge is 0.413 e. The predicted octanol–water partition coefficient (Wildman–Crippen LogP) is 4.98. The zero-order valence-electron chi connectivity index (χ0n) is 20.5. The quantitative estimate of drug-likeness (QED) is 0.446. The predicted molar refractivity (Wildman–Crippen MR) is 123 cm³/mol. The van der Waals surface area contributed by atoms with Gasteiger partial charge in [-0.15, -0.1) is 0 Å².